The molecular weight excluding hydrogens is 2500 g/mol. The number of nitrogens with zero attached hydrogens (tertiary/aromatic N) is 8. The van der Waals surface area contributed by atoms with Crippen molar-refractivity contribution in [3.63, 3.8) is 0 Å². The molecule has 742 valence electrons. The van der Waals surface area contributed by atoms with E-state index in [0.29, 0.717) is 29.6 Å². The van der Waals surface area contributed by atoms with E-state index >= 15 is 0 Å². The van der Waals surface area contributed by atoms with Crippen LogP contribution in [-0.4, -0.2) is 39.9 Å². The van der Waals surface area contributed by atoms with E-state index in [4.69, 9.17) is 0 Å². The van der Waals surface area contributed by atoms with Crippen LogP contribution in [0.3, 0.4) is 0 Å². The van der Waals surface area contributed by atoms with E-state index in [9.17, 15) is 0 Å². The van der Waals surface area contributed by atoms with Gasteiger partial charge in [0.05, 0.1) is 0 Å². The fourth-order valence-electron chi connectivity index (χ4n) is 15.9. The number of rotatable bonds is 19. The van der Waals surface area contributed by atoms with E-state index in [1.807, 2.05) is 276 Å². The van der Waals surface area contributed by atoms with Gasteiger partial charge in [0.25, 0.3) is 0 Å². The number of aryl methyl sites for hydroxylation is 5. The van der Waals surface area contributed by atoms with Crippen LogP contribution >= 0.6 is 0 Å². The molecule has 8 nitrogen and oxygen atoms in total. The Morgan fingerprint density at radius 2 is 0.483 bits per heavy atom. The van der Waals surface area contributed by atoms with Crippen molar-refractivity contribution >= 4 is 0 Å². The average molecular weight is 2620 g/mol. The minimum atomic E-state index is 0. The van der Waals surface area contributed by atoms with Crippen molar-refractivity contribution in [1.29, 1.82) is 0 Å². The van der Waals surface area contributed by atoms with E-state index in [1.54, 1.807) is 6.20 Å². The van der Waals surface area contributed by atoms with Gasteiger partial charge in [-0.1, -0.05) is 279 Å². The molecule has 0 aliphatic carbocycles. The number of hydrogen-bond acceptors (Lipinski definition) is 8. The molecule has 8 heterocycles. The average Bonchev–Trinajstić information content (AvgIpc) is 0.847. The van der Waals surface area contributed by atoms with Crippen LogP contribution in [0.1, 0.15) is 143 Å². The second kappa shape index (κ2) is 61.2. The van der Waals surface area contributed by atoms with Gasteiger partial charge in [-0.3, -0.25) is 0 Å². The Kier molecular flexibility index (Phi) is 47.7. The molecule has 0 bridgehead atoms. The Labute approximate surface area is 925 Å². The summed E-state index contributed by atoms with van der Waals surface area (Å²) < 4.78 is 0. The molecule has 0 aliphatic rings. The summed E-state index contributed by atoms with van der Waals surface area (Å²) in [6, 6.07) is 170. The molecule has 0 amide bonds. The maximum Gasteiger partial charge on any atom is 0.0192 e. The van der Waals surface area contributed by atoms with Gasteiger partial charge in [-0.15, -0.1) is 286 Å². The van der Waals surface area contributed by atoms with Gasteiger partial charge in [0.15, 0.2) is 0 Å². The molecule has 21 rings (SSSR count). The topological polar surface area (TPSA) is 103 Å². The number of pyridine rings is 8. The molecule has 0 fully saturated rings. The Bertz CT molecular complexity index is 6710. The Morgan fingerprint density at radius 1 is 0.197 bits per heavy atom. The molecule has 0 saturated heterocycles. The summed E-state index contributed by atoms with van der Waals surface area (Å²) in [5.74, 6) is 2.12. The van der Waals surface area contributed by atoms with Crippen molar-refractivity contribution in [2.45, 2.75) is 106 Å². The van der Waals surface area contributed by atoms with Gasteiger partial charge < -0.3 is 39.9 Å². The number of hydrogen-bond donors (Lipinski definition) is 0. The molecule has 0 spiro atoms. The normalized spacial score (nSPS) is 11.0. The molecule has 13 aromatic carbocycles. The Hall–Kier alpha value is -14.3. The second-order valence-electron chi connectivity index (χ2n) is 35.5. The summed E-state index contributed by atoms with van der Waals surface area (Å²) in [7, 11) is 0. The van der Waals surface area contributed by atoms with Gasteiger partial charge in [0, 0.05) is 154 Å². The van der Waals surface area contributed by atoms with Crippen molar-refractivity contribution in [1.82, 2.24) is 39.9 Å². The summed E-state index contributed by atoms with van der Waals surface area (Å²) in [5, 5.41) is 0. The fourth-order valence-corrected chi connectivity index (χ4v) is 15.9. The summed E-state index contributed by atoms with van der Waals surface area (Å²) in [4.78, 5) is 35.3. The maximum atomic E-state index is 4.51. The van der Waals surface area contributed by atoms with Crippen molar-refractivity contribution < 1.29 is 80.4 Å². The van der Waals surface area contributed by atoms with Crippen LogP contribution in [-0.2, 0) is 86.8 Å². The first-order valence-electron chi connectivity index (χ1n) is 48.6. The largest absolute Gasteiger partial charge is 0.305 e. The van der Waals surface area contributed by atoms with Crippen LogP contribution in [0.2, 0.25) is 0 Å². The molecule has 147 heavy (non-hydrogen) atoms. The van der Waals surface area contributed by atoms with Crippen LogP contribution < -0.4 is 0 Å². The predicted octanol–water partition coefficient (Wildman–Crippen LogP) is 33.4. The molecule has 0 aliphatic heterocycles. The van der Waals surface area contributed by atoms with Gasteiger partial charge in [-0.2, -0.15) is 0 Å². The quantitative estimate of drug-likeness (QED) is 0.0738. The first kappa shape index (κ1) is 115. The van der Waals surface area contributed by atoms with E-state index in [0.717, 1.165) is 96.5 Å². The Balaban J connectivity index is 0.000000172. The van der Waals surface area contributed by atoms with E-state index in [2.05, 4.69) is 357 Å². The zero-order valence-electron chi connectivity index (χ0n) is 84.5. The smallest absolute Gasteiger partial charge is 0.0192 e. The molecule has 0 N–H and O–H groups in total. The third-order valence-electron chi connectivity index (χ3n) is 24.3. The van der Waals surface area contributed by atoms with Crippen molar-refractivity contribution in [3.05, 3.63) is 601 Å². The van der Waals surface area contributed by atoms with Crippen LogP contribution in [0.15, 0.2) is 474 Å². The second-order valence-corrected chi connectivity index (χ2v) is 35.5. The predicted molar refractivity (Wildman–Crippen MR) is 592 cm³/mol. The SMILES string of the molecule is CC(c1ccccc1)c1ccnc(-c2[c-]cccc2)c1.CC(c1ccccc1)c1ccnc(-c2[c-]cccc2)c1.CC(c1ccccc1)c1ccnc(-c2[c-]cccc2)c1.CC(c1ccccc1)c1ccnc(-c2[c-]cccc2)c1.Cc1c[c-]c(-c2cc(CC(C)C)c(C)cn2)cc1.Cc1c[c-]c(-c2ccc(C)cn2)cc1.Cc1ccc(-c2[c-]cccc2)nc1.[Ir].[Ir].[Ir].[Ir].[c-]1ccc(-c2ccccc2)cc1-c1ccccn1. The Morgan fingerprint density at radius 3 is 0.789 bits per heavy atom. The molecule has 4 unspecified atom stereocenters. The molecule has 12 heteroatoms. The molecular formula is C135H118Ir4N8-8. The van der Waals surface area contributed by atoms with Gasteiger partial charge in [0.1, 0.15) is 0 Å². The minimum Gasteiger partial charge on any atom is -0.305 e. The van der Waals surface area contributed by atoms with Crippen molar-refractivity contribution in [2.75, 3.05) is 0 Å². The molecule has 21 aromatic rings. The first-order valence-corrected chi connectivity index (χ1v) is 48.6. The summed E-state index contributed by atoms with van der Waals surface area (Å²) in [5.41, 5.74) is 36.5. The summed E-state index contributed by atoms with van der Waals surface area (Å²) in [6.07, 6.45) is 16.2. The summed E-state index contributed by atoms with van der Waals surface area (Å²) >= 11 is 0. The number of benzene rings is 13. The zero-order valence-corrected chi connectivity index (χ0v) is 94.1. The van der Waals surface area contributed by atoms with Crippen molar-refractivity contribution in [2.24, 2.45) is 5.92 Å². The first-order chi connectivity index (χ1) is 70.0. The molecule has 8 aromatic heterocycles. The molecule has 4 atom stereocenters. The summed E-state index contributed by atoms with van der Waals surface area (Å²) in [6.45, 7) is 23.7. The van der Waals surface area contributed by atoms with Crippen molar-refractivity contribution in [3.8, 4) is 101 Å². The fraction of sp³-hybridized carbons (Fsp3) is 0.126. The van der Waals surface area contributed by atoms with Gasteiger partial charge in [-0.05, 0) is 176 Å². The van der Waals surface area contributed by atoms with E-state index < -0.39 is 0 Å². The third kappa shape index (κ3) is 35.8. The zero-order chi connectivity index (χ0) is 99.5. The van der Waals surface area contributed by atoms with Crippen LogP contribution in [0.4, 0.5) is 0 Å². The third-order valence-corrected chi connectivity index (χ3v) is 24.3. The van der Waals surface area contributed by atoms with Crippen LogP contribution in [0.25, 0.3) is 101 Å². The minimum absolute atomic E-state index is 0. The number of aromatic nitrogens is 8. The van der Waals surface area contributed by atoms with Gasteiger partial charge in [-0.25, -0.2) is 0 Å². The van der Waals surface area contributed by atoms with Gasteiger partial charge >= 0.3 is 0 Å². The van der Waals surface area contributed by atoms with Crippen LogP contribution in [0.5, 0.6) is 0 Å². The van der Waals surface area contributed by atoms with Crippen LogP contribution in [0, 0.1) is 89.1 Å². The van der Waals surface area contributed by atoms with E-state index in [-0.39, 0.29) is 80.4 Å². The molecule has 0 saturated carbocycles. The maximum absolute atomic E-state index is 4.51. The van der Waals surface area contributed by atoms with Gasteiger partial charge in [0.2, 0.25) is 0 Å². The standard InChI is InChI=1S/4C19H16N.C17H12N.C17H20N.C13H12N.C12H10N.4Ir/c4*1-15(16-8-4-2-5-9-16)18-12-13-20-19(14-18)17-10-6-3-7-11-17;1-2-7-14(8-3-1)15-9-6-10-16(13-15)17-11-4-5-12-18-17;1-12(2)9-16-10-17(18-11-14(16)4)15-7-5-13(3)6-8-15;1-10-3-6-12(7-4-10)13-8-5-11(2)9-14-13;1-10-7-8-12(13-9-10)11-5-3-2-4-6-11;;;;/h4*2-10,12-15H,1H3;1-9,11-13H;5-7,10-12H,9H2,1-4H3;3-6,8-9H,1-2H3;2-5,7-9H,1H3;;;;/q8*-1;;;;. The van der Waals surface area contributed by atoms with E-state index in [1.165, 1.54) is 89.0 Å². The molecule has 4 radical (unpaired) electrons. The monoisotopic (exact) mass is 2620 g/mol.